The maximum absolute atomic E-state index is 11.8. The lowest BCUT2D eigenvalue weighted by atomic mass is 10.1. The molecule has 0 aliphatic heterocycles. The second kappa shape index (κ2) is 14.7. The highest BCUT2D eigenvalue weighted by Gasteiger charge is 2.17. The van der Waals surface area contributed by atoms with Gasteiger partial charge in [0.15, 0.2) is 0 Å². The molecule has 0 fully saturated rings. The van der Waals surface area contributed by atoms with Crippen molar-refractivity contribution in [2.45, 2.75) is 37.9 Å². The Hall–Kier alpha value is -3.53. The first-order valence-corrected chi connectivity index (χ1v) is 12.5. The summed E-state index contributed by atoms with van der Waals surface area (Å²) in [5.74, 6) is -1.21. The summed E-state index contributed by atoms with van der Waals surface area (Å²) >= 11 is 0. The Kier molecular flexibility index (Phi) is 11.6. The topological polar surface area (TPSA) is 133 Å². The molecular formula is C26H29NO7S. The highest BCUT2D eigenvalue weighted by atomic mass is 32.2. The fourth-order valence-electron chi connectivity index (χ4n) is 2.82. The van der Waals surface area contributed by atoms with E-state index < -0.39 is 22.1 Å². The molecule has 3 N–H and O–H groups in total. The molecule has 0 unspecified atom stereocenters. The van der Waals surface area contributed by atoms with E-state index in [9.17, 15) is 18.0 Å². The Morgan fingerprint density at radius 2 is 1.17 bits per heavy atom. The van der Waals surface area contributed by atoms with Crippen LogP contribution in [0.3, 0.4) is 0 Å². The van der Waals surface area contributed by atoms with Gasteiger partial charge in [-0.15, -0.1) is 0 Å². The zero-order valence-electron chi connectivity index (χ0n) is 19.2. The monoisotopic (exact) mass is 499 g/mol. The number of rotatable bonds is 10. The maximum Gasteiger partial charge on any atom is 0.323 e. The van der Waals surface area contributed by atoms with Gasteiger partial charge in [0.25, 0.3) is 10.1 Å². The van der Waals surface area contributed by atoms with Gasteiger partial charge < -0.3 is 15.2 Å². The molecule has 0 aliphatic rings. The van der Waals surface area contributed by atoms with Crippen molar-refractivity contribution >= 4 is 22.1 Å². The van der Waals surface area contributed by atoms with Crippen molar-refractivity contribution in [2.75, 3.05) is 0 Å². The first kappa shape index (κ1) is 27.7. The highest BCUT2D eigenvalue weighted by molar-refractivity contribution is 7.85. The molecule has 3 aromatic carbocycles. The number of carbonyl (C=O) groups is 2. The molecule has 3 rings (SSSR count). The number of ether oxygens (including phenoxy) is 2. The van der Waals surface area contributed by atoms with Crippen molar-refractivity contribution in [1.82, 2.24) is 0 Å². The fraction of sp³-hybridized carbons (Fsp3) is 0.231. The minimum absolute atomic E-state index is 0.0778. The third-order valence-electron chi connectivity index (χ3n) is 4.62. The number of carbonyl (C=O) groups excluding carboxylic acids is 2. The largest absolute Gasteiger partial charge is 0.461 e. The van der Waals surface area contributed by atoms with Crippen LogP contribution in [0, 0.1) is 0 Å². The van der Waals surface area contributed by atoms with E-state index in [0.29, 0.717) is 5.56 Å². The van der Waals surface area contributed by atoms with Crippen LogP contribution in [0.5, 0.6) is 0 Å². The third-order valence-corrected chi connectivity index (χ3v) is 5.32. The summed E-state index contributed by atoms with van der Waals surface area (Å²) in [6, 6.07) is 26.4. The van der Waals surface area contributed by atoms with Crippen molar-refractivity contribution in [3.8, 4) is 0 Å². The molecule has 8 nitrogen and oxygen atoms in total. The van der Waals surface area contributed by atoms with Crippen LogP contribution >= 0.6 is 0 Å². The quantitative estimate of drug-likeness (QED) is 0.319. The van der Waals surface area contributed by atoms with E-state index in [1.807, 2.05) is 60.7 Å². The molecule has 35 heavy (non-hydrogen) atoms. The van der Waals surface area contributed by atoms with E-state index >= 15 is 0 Å². The van der Waals surface area contributed by atoms with Gasteiger partial charge in [-0.2, -0.15) is 8.42 Å². The van der Waals surface area contributed by atoms with Gasteiger partial charge in [0, 0.05) is 6.42 Å². The molecule has 0 aromatic heterocycles. The minimum Gasteiger partial charge on any atom is -0.461 e. The lowest BCUT2D eigenvalue weighted by Gasteiger charge is -2.11. The summed E-state index contributed by atoms with van der Waals surface area (Å²) in [4.78, 5) is 23.5. The zero-order valence-corrected chi connectivity index (χ0v) is 20.0. The number of hydrogen-bond donors (Lipinski definition) is 2. The normalized spacial score (nSPS) is 11.5. The molecule has 0 radical (unpaired) electrons. The molecule has 3 aromatic rings. The van der Waals surface area contributed by atoms with Gasteiger partial charge in [-0.25, -0.2) is 0 Å². The van der Waals surface area contributed by atoms with Gasteiger partial charge in [-0.05, 0) is 23.1 Å². The number of nitrogens with two attached hydrogens (primary N) is 1. The summed E-state index contributed by atoms with van der Waals surface area (Å²) in [7, 11) is -3.88. The van der Waals surface area contributed by atoms with Gasteiger partial charge >= 0.3 is 11.9 Å². The van der Waals surface area contributed by atoms with Crippen LogP contribution in [0.15, 0.2) is 91.0 Å². The molecule has 0 bridgehead atoms. The van der Waals surface area contributed by atoms with E-state index in [4.69, 9.17) is 19.8 Å². The fourth-order valence-corrected chi connectivity index (χ4v) is 3.44. The zero-order chi connectivity index (χ0) is 25.5. The average molecular weight is 500 g/mol. The summed E-state index contributed by atoms with van der Waals surface area (Å²) in [6.07, 6.45) is 0.273. The summed E-state index contributed by atoms with van der Waals surface area (Å²) in [5.41, 5.74) is 8.15. The van der Waals surface area contributed by atoms with Crippen LogP contribution in [0.2, 0.25) is 0 Å². The van der Waals surface area contributed by atoms with Gasteiger partial charge in [0.1, 0.15) is 25.0 Å². The SMILES string of the molecule is N[C@@H](CCC(=O)OCc1ccccc1)C(=O)OCc1ccccc1.O=S(=O)(O)Cc1ccccc1. The smallest absolute Gasteiger partial charge is 0.323 e. The molecule has 0 amide bonds. The van der Waals surface area contributed by atoms with E-state index in [2.05, 4.69) is 0 Å². The predicted octanol–water partition coefficient (Wildman–Crippen LogP) is 3.66. The standard InChI is InChI=1S/C19H21NO4.C7H8O3S/c20-17(19(22)24-14-16-9-5-2-6-10-16)11-12-18(21)23-13-15-7-3-1-4-8-15;8-11(9,10)6-7-4-2-1-3-5-7/h1-10,17H,11-14,20H2;1-5H,6H2,(H,8,9,10)/t17-;/m0./s1. The molecule has 1 atom stereocenters. The Morgan fingerprint density at radius 1 is 0.743 bits per heavy atom. The van der Waals surface area contributed by atoms with Crippen LogP contribution in [0.25, 0.3) is 0 Å². The van der Waals surface area contributed by atoms with E-state index in [1.54, 1.807) is 30.3 Å². The summed E-state index contributed by atoms with van der Waals surface area (Å²) in [5, 5.41) is 0. The third kappa shape index (κ3) is 12.5. The second-order valence-electron chi connectivity index (χ2n) is 7.60. The van der Waals surface area contributed by atoms with E-state index in [1.165, 1.54) is 0 Å². The van der Waals surface area contributed by atoms with Crippen molar-refractivity contribution in [1.29, 1.82) is 0 Å². The second-order valence-corrected chi connectivity index (χ2v) is 9.05. The van der Waals surface area contributed by atoms with Crippen LogP contribution in [-0.4, -0.2) is 31.0 Å². The number of benzene rings is 3. The highest BCUT2D eigenvalue weighted by Crippen LogP contribution is 2.06. The van der Waals surface area contributed by atoms with Gasteiger partial charge in [0.2, 0.25) is 0 Å². The van der Waals surface area contributed by atoms with Crippen molar-refractivity contribution in [2.24, 2.45) is 5.73 Å². The van der Waals surface area contributed by atoms with Crippen molar-refractivity contribution < 1.29 is 32.0 Å². The molecule has 9 heteroatoms. The lowest BCUT2D eigenvalue weighted by Crippen LogP contribution is -2.32. The van der Waals surface area contributed by atoms with E-state index in [0.717, 1.165) is 11.1 Å². The lowest BCUT2D eigenvalue weighted by molar-refractivity contribution is -0.148. The Labute approximate surface area is 205 Å². The maximum atomic E-state index is 11.8. The van der Waals surface area contributed by atoms with Crippen LogP contribution in [-0.2, 0) is 48.1 Å². The Morgan fingerprint density at radius 3 is 1.63 bits per heavy atom. The molecule has 0 saturated carbocycles. The van der Waals surface area contributed by atoms with Gasteiger partial charge in [0.05, 0.1) is 0 Å². The van der Waals surface area contributed by atoms with Crippen LogP contribution < -0.4 is 5.73 Å². The molecule has 0 spiro atoms. The van der Waals surface area contributed by atoms with E-state index in [-0.39, 0.29) is 37.8 Å². The van der Waals surface area contributed by atoms with Crippen molar-refractivity contribution in [3.05, 3.63) is 108 Å². The molecule has 0 aliphatic carbocycles. The Bertz CT molecular complexity index is 1140. The first-order chi connectivity index (χ1) is 16.7. The molecule has 0 saturated heterocycles. The van der Waals surface area contributed by atoms with Crippen molar-refractivity contribution in [3.63, 3.8) is 0 Å². The molecule has 0 heterocycles. The van der Waals surface area contributed by atoms with Crippen LogP contribution in [0.1, 0.15) is 29.5 Å². The number of esters is 2. The first-order valence-electron chi connectivity index (χ1n) is 10.9. The van der Waals surface area contributed by atoms with Crippen LogP contribution in [0.4, 0.5) is 0 Å². The van der Waals surface area contributed by atoms with Gasteiger partial charge in [-0.3, -0.25) is 14.1 Å². The average Bonchev–Trinajstić information content (AvgIpc) is 2.86. The molecule has 186 valence electrons. The number of hydrogen-bond acceptors (Lipinski definition) is 7. The predicted molar refractivity (Wildman–Crippen MR) is 131 cm³/mol. The molecular weight excluding hydrogens is 470 g/mol. The summed E-state index contributed by atoms with van der Waals surface area (Å²) in [6.45, 7) is 0.388. The minimum atomic E-state index is -3.88. The van der Waals surface area contributed by atoms with Gasteiger partial charge in [-0.1, -0.05) is 91.0 Å². The summed E-state index contributed by atoms with van der Waals surface area (Å²) < 4.78 is 39.4. The Balaban J connectivity index is 0.000000328.